The quantitative estimate of drug-likeness (QED) is 0.376. The molecule has 0 aliphatic rings. The van der Waals surface area contributed by atoms with Crippen LogP contribution in [0.25, 0.3) is 0 Å². The molecule has 1 aromatic rings. The fourth-order valence-corrected chi connectivity index (χ4v) is 1.48. The van der Waals surface area contributed by atoms with Crippen molar-refractivity contribution in [3.8, 4) is 0 Å². The molecule has 1 amide bonds. The van der Waals surface area contributed by atoms with Crippen molar-refractivity contribution in [2.75, 3.05) is 5.32 Å². The Balaban J connectivity index is 2.80. The van der Waals surface area contributed by atoms with E-state index in [2.05, 4.69) is 10.5 Å². The molecule has 0 spiro atoms. The minimum absolute atomic E-state index is 0.150. The Morgan fingerprint density at radius 2 is 2.38 bits per heavy atom. The SMILES string of the molecule is N/C(=N/[O-])c1ccc(NC(=O)O)s1. The predicted molar refractivity (Wildman–Crippen MR) is 50.1 cm³/mol. The van der Waals surface area contributed by atoms with Gasteiger partial charge in [0.1, 0.15) is 5.84 Å². The molecule has 0 aliphatic carbocycles. The highest BCUT2D eigenvalue weighted by Crippen LogP contribution is 2.21. The molecule has 0 saturated carbocycles. The van der Waals surface area contributed by atoms with E-state index in [4.69, 9.17) is 10.8 Å². The van der Waals surface area contributed by atoms with Crippen molar-refractivity contribution < 1.29 is 9.90 Å². The van der Waals surface area contributed by atoms with Crippen LogP contribution >= 0.6 is 11.3 Å². The minimum Gasteiger partial charge on any atom is -0.790 e. The molecule has 6 nitrogen and oxygen atoms in total. The van der Waals surface area contributed by atoms with Crippen molar-refractivity contribution in [3.63, 3.8) is 0 Å². The number of nitrogens with one attached hydrogen (secondary N) is 1. The summed E-state index contributed by atoms with van der Waals surface area (Å²) in [5.41, 5.74) is 5.21. The predicted octanol–water partition coefficient (Wildman–Crippen LogP) is 1.04. The van der Waals surface area contributed by atoms with Crippen molar-refractivity contribution in [1.82, 2.24) is 0 Å². The van der Waals surface area contributed by atoms with Crippen LogP contribution in [0, 0.1) is 5.21 Å². The summed E-state index contributed by atoms with van der Waals surface area (Å²) in [6.45, 7) is 0. The first-order chi connectivity index (χ1) is 6.13. The van der Waals surface area contributed by atoms with Gasteiger partial charge in [-0.2, -0.15) is 0 Å². The maximum atomic E-state index is 10.2. The summed E-state index contributed by atoms with van der Waals surface area (Å²) in [6, 6.07) is 3.03. The molecule has 0 aliphatic heterocycles. The zero-order chi connectivity index (χ0) is 9.84. The lowest BCUT2D eigenvalue weighted by atomic mass is 10.4. The van der Waals surface area contributed by atoms with Gasteiger partial charge >= 0.3 is 6.09 Å². The Labute approximate surface area is 77.3 Å². The summed E-state index contributed by atoms with van der Waals surface area (Å²) < 4.78 is 0. The maximum Gasteiger partial charge on any atom is 0.409 e. The van der Waals surface area contributed by atoms with E-state index in [9.17, 15) is 10.0 Å². The fraction of sp³-hybridized carbons (Fsp3) is 0. The molecule has 7 heteroatoms. The van der Waals surface area contributed by atoms with E-state index in [1.807, 2.05) is 0 Å². The molecule has 0 atom stereocenters. The van der Waals surface area contributed by atoms with Crippen LogP contribution in [0.15, 0.2) is 17.3 Å². The van der Waals surface area contributed by atoms with E-state index < -0.39 is 6.09 Å². The zero-order valence-electron chi connectivity index (χ0n) is 6.35. The molecular formula is C6H6N3O3S-. The second kappa shape index (κ2) is 3.76. The fourth-order valence-electron chi connectivity index (χ4n) is 0.693. The standard InChI is InChI=1S/C6H7N3O3S/c7-5(9-12)3-1-2-4(13-3)8-6(10)11/h1-2,8,12H,(H2,7,9)(H,10,11)/p-1. The lowest BCUT2D eigenvalue weighted by molar-refractivity contribution is 0.210. The normalized spacial score (nSPS) is 11.2. The lowest BCUT2D eigenvalue weighted by Crippen LogP contribution is -2.10. The molecule has 13 heavy (non-hydrogen) atoms. The third kappa shape index (κ3) is 2.34. The molecule has 0 radical (unpaired) electrons. The number of thiophene rings is 1. The molecule has 0 saturated heterocycles. The van der Waals surface area contributed by atoms with Gasteiger partial charge in [0.25, 0.3) is 0 Å². The van der Waals surface area contributed by atoms with Crippen molar-refractivity contribution >= 4 is 28.3 Å². The van der Waals surface area contributed by atoms with Gasteiger partial charge < -0.3 is 21.2 Å². The van der Waals surface area contributed by atoms with Crippen LogP contribution in [-0.4, -0.2) is 17.0 Å². The molecule has 70 valence electrons. The van der Waals surface area contributed by atoms with Crippen molar-refractivity contribution in [2.45, 2.75) is 0 Å². The molecule has 0 aromatic carbocycles. The molecule has 4 N–H and O–H groups in total. The van der Waals surface area contributed by atoms with Gasteiger partial charge in [-0.3, -0.25) is 5.32 Å². The van der Waals surface area contributed by atoms with Crippen LogP contribution in [-0.2, 0) is 0 Å². The number of carboxylic acid groups (broad SMARTS) is 1. The summed E-state index contributed by atoms with van der Waals surface area (Å²) >= 11 is 1.05. The molecule has 0 unspecified atom stereocenters. The number of hydrogen-bond acceptors (Lipinski definition) is 4. The van der Waals surface area contributed by atoms with E-state index in [1.54, 1.807) is 0 Å². The van der Waals surface area contributed by atoms with Gasteiger partial charge in [-0.1, -0.05) is 0 Å². The van der Waals surface area contributed by atoms with Crippen LogP contribution < -0.4 is 11.1 Å². The number of anilines is 1. The second-order valence-corrected chi connectivity index (χ2v) is 3.15. The second-order valence-electron chi connectivity index (χ2n) is 2.07. The maximum absolute atomic E-state index is 10.2. The van der Waals surface area contributed by atoms with E-state index >= 15 is 0 Å². The smallest absolute Gasteiger partial charge is 0.409 e. The van der Waals surface area contributed by atoms with E-state index in [1.165, 1.54) is 12.1 Å². The third-order valence-electron chi connectivity index (χ3n) is 1.19. The summed E-state index contributed by atoms with van der Waals surface area (Å²) in [7, 11) is 0. The first-order valence-electron chi connectivity index (χ1n) is 3.19. The Bertz CT molecular complexity index is 347. The Morgan fingerprint density at radius 3 is 2.92 bits per heavy atom. The summed E-state index contributed by atoms with van der Waals surface area (Å²) in [5.74, 6) is -0.150. The zero-order valence-corrected chi connectivity index (χ0v) is 7.17. The summed E-state index contributed by atoms with van der Waals surface area (Å²) in [4.78, 5) is 10.6. The monoisotopic (exact) mass is 200 g/mol. The number of amides is 1. The highest BCUT2D eigenvalue weighted by molar-refractivity contribution is 7.18. The van der Waals surface area contributed by atoms with Gasteiger partial charge in [0, 0.05) is 0 Å². The van der Waals surface area contributed by atoms with Gasteiger partial charge in [0.15, 0.2) is 0 Å². The van der Waals surface area contributed by atoms with Gasteiger partial charge in [-0.05, 0) is 12.1 Å². The Kier molecular flexibility index (Phi) is 2.70. The number of hydrogen-bond donors (Lipinski definition) is 3. The van der Waals surface area contributed by atoms with Crippen LogP contribution in [0.4, 0.5) is 9.80 Å². The van der Waals surface area contributed by atoms with Crippen LogP contribution in [0.1, 0.15) is 4.88 Å². The number of nitrogens with zero attached hydrogens (tertiary/aromatic N) is 1. The highest BCUT2D eigenvalue weighted by atomic mass is 32.1. The van der Waals surface area contributed by atoms with Crippen molar-refractivity contribution in [1.29, 1.82) is 0 Å². The summed E-state index contributed by atoms with van der Waals surface area (Å²) in [5, 5.41) is 23.4. The molecule has 1 heterocycles. The highest BCUT2D eigenvalue weighted by Gasteiger charge is 2.04. The van der Waals surface area contributed by atoms with Gasteiger partial charge in [0.05, 0.1) is 9.88 Å². The van der Waals surface area contributed by atoms with E-state index in [0.717, 1.165) is 11.3 Å². The van der Waals surface area contributed by atoms with E-state index in [-0.39, 0.29) is 5.84 Å². The average Bonchev–Trinajstić information content (AvgIpc) is 2.50. The molecule has 1 aromatic heterocycles. The van der Waals surface area contributed by atoms with Crippen molar-refractivity contribution in [2.24, 2.45) is 10.9 Å². The number of nitrogens with two attached hydrogens (primary N) is 1. The van der Waals surface area contributed by atoms with Crippen LogP contribution in [0.2, 0.25) is 0 Å². The molecule has 0 fully saturated rings. The van der Waals surface area contributed by atoms with Crippen LogP contribution in [0.3, 0.4) is 0 Å². The first kappa shape index (κ1) is 9.33. The van der Waals surface area contributed by atoms with Gasteiger partial charge in [-0.15, -0.1) is 11.3 Å². The van der Waals surface area contributed by atoms with E-state index in [0.29, 0.717) is 9.88 Å². The first-order valence-corrected chi connectivity index (χ1v) is 4.01. The topological polar surface area (TPSA) is 111 Å². The Hall–Kier alpha value is -1.76. The number of carbonyl (C=O) groups is 1. The third-order valence-corrected chi connectivity index (χ3v) is 2.21. The lowest BCUT2D eigenvalue weighted by Gasteiger charge is -1.97. The number of rotatable bonds is 2. The van der Waals surface area contributed by atoms with Crippen molar-refractivity contribution in [3.05, 3.63) is 22.2 Å². The Morgan fingerprint density at radius 1 is 1.69 bits per heavy atom. The largest absolute Gasteiger partial charge is 0.790 e. The number of amidine groups is 1. The molecule has 1 rings (SSSR count). The summed E-state index contributed by atoms with van der Waals surface area (Å²) in [6.07, 6.45) is -1.16. The van der Waals surface area contributed by atoms with Crippen LogP contribution in [0.5, 0.6) is 0 Å². The van der Waals surface area contributed by atoms with Gasteiger partial charge in [-0.25, -0.2) is 4.79 Å². The average molecular weight is 200 g/mol. The molecule has 0 bridgehead atoms. The molecular weight excluding hydrogens is 194 g/mol. The van der Waals surface area contributed by atoms with Gasteiger partial charge in [0.2, 0.25) is 0 Å². The minimum atomic E-state index is -1.16.